The zero-order valence-corrected chi connectivity index (χ0v) is 11.9. The van der Waals surface area contributed by atoms with Crippen LogP contribution in [0.4, 0.5) is 19.0 Å². The van der Waals surface area contributed by atoms with Crippen molar-refractivity contribution in [3.05, 3.63) is 22.8 Å². The number of hydrogen-bond donors (Lipinski definition) is 5. The van der Waals surface area contributed by atoms with Gasteiger partial charge in [-0.05, 0) is 13.0 Å². The zero-order chi connectivity index (χ0) is 16.7. The molecule has 0 unspecified atom stereocenters. The number of rotatable bonds is 3. The average Bonchev–Trinajstić information content (AvgIpc) is 2.67. The summed E-state index contributed by atoms with van der Waals surface area (Å²) < 4.78 is 37.5. The molecule has 1 aromatic heterocycles. The lowest BCUT2D eigenvalue weighted by Crippen LogP contribution is -2.51. The van der Waals surface area contributed by atoms with E-state index in [9.17, 15) is 28.5 Å². The number of aliphatic hydroxyl groups excluding tert-OH is 2. The van der Waals surface area contributed by atoms with Gasteiger partial charge in [-0.15, -0.1) is 0 Å². The molecule has 11 heteroatoms. The Balaban J connectivity index is 2.21. The van der Waals surface area contributed by atoms with E-state index in [1.165, 1.54) is 6.92 Å². The van der Waals surface area contributed by atoms with Gasteiger partial charge in [-0.3, -0.25) is 0 Å². The summed E-state index contributed by atoms with van der Waals surface area (Å²) in [6.45, 7) is 1.35. The van der Waals surface area contributed by atoms with Crippen LogP contribution in [0.1, 0.15) is 12.5 Å². The zero-order valence-electron chi connectivity index (χ0n) is 11.1. The molecule has 2 heterocycles. The van der Waals surface area contributed by atoms with Crippen LogP contribution >= 0.6 is 11.6 Å². The first kappa shape index (κ1) is 17.2. The molecule has 0 aromatic carbocycles. The second-order valence-electron chi connectivity index (χ2n) is 4.80. The van der Waals surface area contributed by atoms with Gasteiger partial charge < -0.3 is 20.6 Å². The number of hydroxylamine groups is 1. The van der Waals surface area contributed by atoms with E-state index >= 15 is 0 Å². The number of pyridine rings is 1. The van der Waals surface area contributed by atoms with Gasteiger partial charge in [0.05, 0.1) is 22.7 Å². The van der Waals surface area contributed by atoms with Crippen molar-refractivity contribution in [2.45, 2.75) is 37.3 Å². The van der Waals surface area contributed by atoms with Gasteiger partial charge in [0.25, 0.3) is 5.91 Å². The van der Waals surface area contributed by atoms with Crippen LogP contribution in [0, 0.1) is 0 Å². The highest BCUT2D eigenvalue weighted by atomic mass is 35.5. The van der Waals surface area contributed by atoms with Crippen LogP contribution in [0.3, 0.4) is 0 Å². The van der Waals surface area contributed by atoms with Crippen molar-refractivity contribution in [2.24, 2.45) is 0 Å². The van der Waals surface area contributed by atoms with Gasteiger partial charge in [0.1, 0.15) is 11.9 Å². The van der Waals surface area contributed by atoms with Gasteiger partial charge in [-0.2, -0.15) is 18.7 Å². The summed E-state index contributed by atoms with van der Waals surface area (Å²) in [5.41, 5.74) is 1.14. The third-order valence-electron chi connectivity index (χ3n) is 3.08. The van der Waals surface area contributed by atoms with Gasteiger partial charge in [0, 0.05) is 6.20 Å². The molecule has 1 aliphatic rings. The van der Waals surface area contributed by atoms with Gasteiger partial charge in [-0.25, -0.2) is 9.82 Å². The van der Waals surface area contributed by atoms with E-state index in [0.717, 1.165) is 0 Å². The summed E-state index contributed by atoms with van der Waals surface area (Å²) in [6.07, 6.45) is -6.80. The molecule has 0 amide bonds. The summed E-state index contributed by atoms with van der Waals surface area (Å²) in [7, 11) is 0. The normalized spacial score (nSPS) is 30.4. The number of nitrogens with zero attached hydrogens (tertiary/aromatic N) is 1. The fourth-order valence-corrected chi connectivity index (χ4v) is 2.06. The van der Waals surface area contributed by atoms with Crippen molar-refractivity contribution in [3.63, 3.8) is 0 Å². The molecule has 5 N–H and O–H groups in total. The molecule has 0 aliphatic carbocycles. The standard InChI is InChI=1S/C11H13ClF3N3O4/c1-4(19)7-8(20)11(21,22-18-7)17-9-6(12)2-5(3-16-9)10(13,14)15/h2-4,7-8,18-21H,1H3,(H,16,17)/t4-,7-,8+,11-/m1/s1. The second-order valence-corrected chi connectivity index (χ2v) is 5.21. The lowest BCUT2D eigenvalue weighted by molar-refractivity contribution is -0.213. The van der Waals surface area contributed by atoms with Crippen molar-refractivity contribution in [1.29, 1.82) is 0 Å². The molecular weight excluding hydrogens is 331 g/mol. The number of aliphatic hydroxyl groups is 3. The van der Waals surface area contributed by atoms with Gasteiger partial charge >= 0.3 is 6.18 Å². The Morgan fingerprint density at radius 1 is 1.55 bits per heavy atom. The number of hydrogen-bond acceptors (Lipinski definition) is 7. The maximum absolute atomic E-state index is 12.5. The molecule has 1 saturated heterocycles. The predicted molar refractivity (Wildman–Crippen MR) is 68.5 cm³/mol. The number of nitrogens with one attached hydrogen (secondary N) is 2. The van der Waals surface area contributed by atoms with E-state index in [2.05, 4.69) is 15.8 Å². The first-order valence-electron chi connectivity index (χ1n) is 6.07. The topological polar surface area (TPSA) is 107 Å². The molecule has 1 aliphatic heterocycles. The van der Waals surface area contributed by atoms with E-state index in [0.29, 0.717) is 12.3 Å². The molecular formula is C11H13ClF3N3O4. The van der Waals surface area contributed by atoms with E-state index < -0.39 is 40.9 Å². The number of aromatic nitrogens is 1. The lowest BCUT2D eigenvalue weighted by Gasteiger charge is -2.27. The molecule has 0 radical (unpaired) electrons. The van der Waals surface area contributed by atoms with Crippen LogP contribution < -0.4 is 10.8 Å². The third-order valence-corrected chi connectivity index (χ3v) is 3.37. The molecule has 0 saturated carbocycles. The van der Waals surface area contributed by atoms with Crippen LogP contribution in [0.5, 0.6) is 0 Å². The van der Waals surface area contributed by atoms with Crippen LogP contribution in [0.25, 0.3) is 0 Å². The van der Waals surface area contributed by atoms with Crippen LogP contribution in [-0.4, -0.2) is 44.5 Å². The number of anilines is 1. The quantitative estimate of drug-likeness (QED) is 0.507. The highest BCUT2D eigenvalue weighted by Gasteiger charge is 2.51. The van der Waals surface area contributed by atoms with Crippen molar-refractivity contribution in [1.82, 2.24) is 10.5 Å². The van der Waals surface area contributed by atoms with Crippen LogP contribution in [0.2, 0.25) is 5.02 Å². The summed E-state index contributed by atoms with van der Waals surface area (Å²) >= 11 is 5.68. The lowest BCUT2D eigenvalue weighted by atomic mass is 10.1. The van der Waals surface area contributed by atoms with Crippen molar-refractivity contribution in [3.8, 4) is 0 Å². The van der Waals surface area contributed by atoms with E-state index in [1.807, 2.05) is 0 Å². The minimum Gasteiger partial charge on any atom is -0.392 e. The number of halogens is 4. The van der Waals surface area contributed by atoms with Crippen molar-refractivity contribution in [2.75, 3.05) is 5.32 Å². The Bertz CT molecular complexity index is 560. The first-order valence-corrected chi connectivity index (χ1v) is 6.45. The maximum atomic E-state index is 12.5. The summed E-state index contributed by atoms with van der Waals surface area (Å²) in [4.78, 5) is 8.20. The van der Waals surface area contributed by atoms with Crippen molar-refractivity contribution >= 4 is 17.4 Å². The van der Waals surface area contributed by atoms with E-state index in [4.69, 9.17) is 16.4 Å². The fraction of sp³-hybridized carbons (Fsp3) is 0.545. The first-order chi connectivity index (χ1) is 10.0. The summed E-state index contributed by atoms with van der Waals surface area (Å²) in [5, 5.41) is 31.2. The van der Waals surface area contributed by atoms with Crippen molar-refractivity contribution < 1.29 is 33.3 Å². The Labute approximate surface area is 127 Å². The third kappa shape index (κ3) is 3.26. The molecule has 4 atom stereocenters. The molecule has 124 valence electrons. The highest BCUT2D eigenvalue weighted by Crippen LogP contribution is 2.34. The summed E-state index contributed by atoms with van der Waals surface area (Å²) in [6, 6.07) is -0.410. The smallest absolute Gasteiger partial charge is 0.392 e. The van der Waals surface area contributed by atoms with Gasteiger partial charge in [0.15, 0.2) is 0 Å². The minimum atomic E-state index is -4.62. The Hall–Kier alpha value is -1.17. The van der Waals surface area contributed by atoms with Gasteiger partial charge in [-0.1, -0.05) is 11.6 Å². The van der Waals surface area contributed by atoms with Crippen LogP contribution in [-0.2, 0) is 11.0 Å². The molecule has 1 fully saturated rings. The predicted octanol–water partition coefficient (Wildman–Crippen LogP) is 0.457. The molecule has 1 aromatic rings. The highest BCUT2D eigenvalue weighted by molar-refractivity contribution is 6.33. The minimum absolute atomic E-state index is 0.329. The monoisotopic (exact) mass is 343 g/mol. The molecule has 2 rings (SSSR count). The second kappa shape index (κ2) is 5.80. The van der Waals surface area contributed by atoms with E-state index in [1.54, 1.807) is 0 Å². The fourth-order valence-electron chi connectivity index (χ4n) is 1.84. The van der Waals surface area contributed by atoms with Crippen LogP contribution in [0.15, 0.2) is 12.3 Å². The summed E-state index contributed by atoms with van der Waals surface area (Å²) in [5.74, 6) is -2.75. The molecule has 0 spiro atoms. The molecule has 22 heavy (non-hydrogen) atoms. The van der Waals surface area contributed by atoms with E-state index in [-0.39, 0.29) is 5.82 Å². The number of alkyl halides is 3. The Kier molecular flexibility index (Phi) is 4.53. The Morgan fingerprint density at radius 2 is 2.18 bits per heavy atom. The van der Waals surface area contributed by atoms with Gasteiger partial charge in [0.2, 0.25) is 0 Å². The molecule has 0 bridgehead atoms. The largest absolute Gasteiger partial charge is 0.417 e. The maximum Gasteiger partial charge on any atom is 0.417 e. The average molecular weight is 344 g/mol. The Morgan fingerprint density at radius 3 is 2.64 bits per heavy atom. The molecule has 7 nitrogen and oxygen atoms in total. The SMILES string of the molecule is C[C@@H](O)[C@H]1NO[C@@](O)(Nc2ncc(C(F)(F)F)cc2Cl)[C@H]1O.